The lowest BCUT2D eigenvalue weighted by molar-refractivity contribution is 0.625. The second-order valence-electron chi connectivity index (χ2n) is 4.39. The topological polar surface area (TPSA) is 0 Å². The van der Waals surface area contributed by atoms with E-state index in [2.05, 4.69) is 63.9 Å². The SMILES string of the molecule is Cc1ccc(C)c(C(Br)c2cc(F)ccc2Br)c1. The first-order valence-electron chi connectivity index (χ1n) is 5.65. The van der Waals surface area contributed by atoms with Gasteiger partial charge in [-0.15, -0.1) is 0 Å². The van der Waals surface area contributed by atoms with E-state index in [4.69, 9.17) is 0 Å². The first-order chi connectivity index (χ1) is 8.49. The van der Waals surface area contributed by atoms with Crippen molar-refractivity contribution >= 4 is 31.9 Å². The first kappa shape index (κ1) is 13.8. The van der Waals surface area contributed by atoms with Crippen molar-refractivity contribution in [2.24, 2.45) is 0 Å². The van der Waals surface area contributed by atoms with Crippen LogP contribution in [0.1, 0.15) is 27.1 Å². The Bertz CT molecular complexity index is 527. The molecule has 0 saturated heterocycles. The van der Waals surface area contributed by atoms with Gasteiger partial charge in [0.15, 0.2) is 0 Å². The molecular formula is C15H13Br2F. The van der Waals surface area contributed by atoms with Gasteiger partial charge in [-0.2, -0.15) is 0 Å². The van der Waals surface area contributed by atoms with Crippen molar-refractivity contribution in [3.05, 3.63) is 68.9 Å². The lowest BCUT2D eigenvalue weighted by Gasteiger charge is -2.16. The molecule has 0 aliphatic heterocycles. The number of halogens is 3. The highest BCUT2D eigenvalue weighted by Crippen LogP contribution is 2.37. The highest BCUT2D eigenvalue weighted by Gasteiger charge is 2.16. The number of rotatable bonds is 2. The Morgan fingerprint density at radius 1 is 1.00 bits per heavy atom. The average Bonchev–Trinajstić information content (AvgIpc) is 2.34. The largest absolute Gasteiger partial charge is 0.207 e. The van der Waals surface area contributed by atoms with Gasteiger partial charge in [0.05, 0.1) is 4.83 Å². The van der Waals surface area contributed by atoms with Gasteiger partial charge in [0.25, 0.3) is 0 Å². The second kappa shape index (κ2) is 5.54. The van der Waals surface area contributed by atoms with E-state index in [-0.39, 0.29) is 10.6 Å². The zero-order valence-corrected chi connectivity index (χ0v) is 13.3. The quantitative estimate of drug-likeness (QED) is 0.595. The van der Waals surface area contributed by atoms with Crippen LogP contribution in [0, 0.1) is 19.7 Å². The Kier molecular flexibility index (Phi) is 4.23. The number of benzene rings is 2. The number of hydrogen-bond acceptors (Lipinski definition) is 0. The number of hydrogen-bond donors (Lipinski definition) is 0. The summed E-state index contributed by atoms with van der Waals surface area (Å²) in [5.74, 6) is -0.219. The third-order valence-corrected chi connectivity index (χ3v) is 4.65. The molecule has 1 atom stereocenters. The van der Waals surface area contributed by atoms with Gasteiger partial charge in [-0.1, -0.05) is 55.6 Å². The molecule has 2 aromatic carbocycles. The molecule has 0 N–H and O–H groups in total. The van der Waals surface area contributed by atoms with Gasteiger partial charge >= 0.3 is 0 Å². The fourth-order valence-corrected chi connectivity index (χ4v) is 3.56. The van der Waals surface area contributed by atoms with Crippen LogP contribution in [0.2, 0.25) is 0 Å². The van der Waals surface area contributed by atoms with Gasteiger partial charge < -0.3 is 0 Å². The minimum Gasteiger partial charge on any atom is -0.207 e. The summed E-state index contributed by atoms with van der Waals surface area (Å²) >= 11 is 7.14. The summed E-state index contributed by atoms with van der Waals surface area (Å²) in [5, 5.41) is 0. The zero-order chi connectivity index (χ0) is 13.3. The van der Waals surface area contributed by atoms with Crippen LogP contribution in [0.25, 0.3) is 0 Å². The Hall–Kier alpha value is -0.670. The van der Waals surface area contributed by atoms with Crippen molar-refractivity contribution in [3.63, 3.8) is 0 Å². The number of aryl methyl sites for hydroxylation is 2. The van der Waals surface area contributed by atoms with E-state index in [1.165, 1.54) is 22.8 Å². The highest BCUT2D eigenvalue weighted by molar-refractivity contribution is 9.11. The molecule has 0 fully saturated rings. The van der Waals surface area contributed by atoms with Crippen LogP contribution in [-0.2, 0) is 0 Å². The van der Waals surface area contributed by atoms with Gasteiger partial charge in [-0.25, -0.2) is 4.39 Å². The maximum atomic E-state index is 13.4. The molecule has 18 heavy (non-hydrogen) atoms. The molecule has 0 aromatic heterocycles. The summed E-state index contributed by atoms with van der Waals surface area (Å²) in [7, 11) is 0. The van der Waals surface area contributed by atoms with Gasteiger partial charge in [0.1, 0.15) is 5.82 Å². The smallest absolute Gasteiger partial charge is 0.123 e. The van der Waals surface area contributed by atoms with E-state index < -0.39 is 0 Å². The Labute approximate surface area is 123 Å². The first-order valence-corrected chi connectivity index (χ1v) is 7.36. The molecule has 0 radical (unpaired) electrons. The summed E-state index contributed by atoms with van der Waals surface area (Å²) < 4.78 is 14.3. The maximum absolute atomic E-state index is 13.4. The predicted octanol–water partition coefficient (Wildman–Crippen LogP) is 5.69. The van der Waals surface area contributed by atoms with Crippen LogP contribution in [0.3, 0.4) is 0 Å². The summed E-state index contributed by atoms with van der Waals surface area (Å²) in [4.78, 5) is -0.0116. The maximum Gasteiger partial charge on any atom is 0.123 e. The fourth-order valence-electron chi connectivity index (χ4n) is 1.91. The van der Waals surface area contributed by atoms with Gasteiger partial charge in [0, 0.05) is 4.47 Å². The van der Waals surface area contributed by atoms with Crippen LogP contribution < -0.4 is 0 Å². The van der Waals surface area contributed by atoms with Crippen LogP contribution in [-0.4, -0.2) is 0 Å². The van der Waals surface area contributed by atoms with E-state index in [1.54, 1.807) is 12.1 Å². The van der Waals surface area contributed by atoms with Crippen molar-refractivity contribution in [3.8, 4) is 0 Å². The van der Waals surface area contributed by atoms with Crippen molar-refractivity contribution < 1.29 is 4.39 Å². The molecule has 1 unspecified atom stereocenters. The normalized spacial score (nSPS) is 12.5. The molecule has 0 amide bonds. The van der Waals surface area contributed by atoms with E-state index in [0.717, 1.165) is 10.0 Å². The van der Waals surface area contributed by atoms with Crippen molar-refractivity contribution in [1.29, 1.82) is 0 Å². The Morgan fingerprint density at radius 2 is 1.72 bits per heavy atom. The van der Waals surface area contributed by atoms with E-state index in [9.17, 15) is 4.39 Å². The van der Waals surface area contributed by atoms with Crippen molar-refractivity contribution in [2.45, 2.75) is 18.7 Å². The molecule has 0 spiro atoms. The molecule has 0 nitrogen and oxygen atoms in total. The molecule has 0 aliphatic rings. The minimum absolute atomic E-state index is 0.0116. The zero-order valence-electron chi connectivity index (χ0n) is 10.2. The van der Waals surface area contributed by atoms with E-state index in [0.29, 0.717) is 0 Å². The summed E-state index contributed by atoms with van der Waals surface area (Å²) in [6.07, 6.45) is 0. The van der Waals surface area contributed by atoms with E-state index in [1.807, 2.05) is 0 Å². The molecule has 0 aliphatic carbocycles. The van der Waals surface area contributed by atoms with Gasteiger partial charge in [0.2, 0.25) is 0 Å². The third kappa shape index (κ3) is 2.83. The Balaban J connectivity index is 2.50. The van der Waals surface area contributed by atoms with Crippen molar-refractivity contribution in [2.75, 3.05) is 0 Å². The van der Waals surface area contributed by atoms with E-state index >= 15 is 0 Å². The molecular weight excluding hydrogens is 359 g/mol. The summed E-state index contributed by atoms with van der Waals surface area (Å²) in [5.41, 5.74) is 4.47. The molecule has 3 heteroatoms. The molecule has 2 aromatic rings. The fraction of sp³-hybridized carbons (Fsp3) is 0.200. The molecule has 0 saturated carbocycles. The molecule has 0 heterocycles. The van der Waals surface area contributed by atoms with Crippen LogP contribution in [0.15, 0.2) is 40.9 Å². The van der Waals surface area contributed by atoms with Gasteiger partial charge in [-0.3, -0.25) is 0 Å². The van der Waals surface area contributed by atoms with Crippen LogP contribution >= 0.6 is 31.9 Å². The lowest BCUT2D eigenvalue weighted by Crippen LogP contribution is -1.98. The summed E-state index contributed by atoms with van der Waals surface area (Å²) in [6.45, 7) is 4.12. The van der Waals surface area contributed by atoms with Crippen LogP contribution in [0.5, 0.6) is 0 Å². The summed E-state index contributed by atoms with van der Waals surface area (Å²) in [6, 6.07) is 11.1. The monoisotopic (exact) mass is 370 g/mol. The number of alkyl halides is 1. The molecule has 2 rings (SSSR count). The highest BCUT2D eigenvalue weighted by atomic mass is 79.9. The standard InChI is InChI=1S/C15H13Br2F/c1-9-3-4-10(2)12(7-9)15(17)13-8-11(18)5-6-14(13)16/h3-8,15H,1-2H3. The lowest BCUT2D eigenvalue weighted by atomic mass is 9.98. The predicted molar refractivity (Wildman–Crippen MR) is 80.8 cm³/mol. The van der Waals surface area contributed by atoms with Crippen LogP contribution in [0.4, 0.5) is 4.39 Å². The minimum atomic E-state index is -0.219. The van der Waals surface area contributed by atoms with Crippen molar-refractivity contribution in [1.82, 2.24) is 0 Å². The average molecular weight is 372 g/mol. The second-order valence-corrected chi connectivity index (χ2v) is 6.16. The Morgan fingerprint density at radius 3 is 2.44 bits per heavy atom. The van der Waals surface area contributed by atoms with Gasteiger partial charge in [-0.05, 0) is 48.7 Å². The third-order valence-electron chi connectivity index (χ3n) is 2.94. The molecule has 0 bridgehead atoms. The molecule has 94 valence electrons.